The lowest BCUT2D eigenvalue weighted by molar-refractivity contribution is 0.207. The molecular weight excluding hydrogens is 414 g/mol. The number of nitrogens with zero attached hydrogens (tertiary/aromatic N) is 2. The van der Waals surface area contributed by atoms with Crippen LogP contribution in [0.3, 0.4) is 0 Å². The van der Waals surface area contributed by atoms with Crippen LogP contribution in [0.2, 0.25) is 0 Å². The summed E-state index contributed by atoms with van der Waals surface area (Å²) in [6.45, 7) is 3.73. The van der Waals surface area contributed by atoms with Crippen LogP contribution in [0.1, 0.15) is 17.5 Å². The van der Waals surface area contributed by atoms with Crippen LogP contribution >= 0.6 is 11.3 Å². The first-order valence-electron chi connectivity index (χ1n) is 10.1. The molecule has 0 unspecified atom stereocenters. The molecule has 2 aromatic carbocycles. The molecule has 2 amide bonds. The molecule has 0 aliphatic carbocycles. The number of rotatable bonds is 6. The first-order chi connectivity index (χ1) is 15.1. The Hall–Kier alpha value is -3.26. The standard InChI is InChI=1S/C23H25N3O4S/c1-4-30-17-8-6-16(7-9-17)24-23(27)26-12-11-18-21(14-26)31-22(25-18)15-5-10-19(28-2)20(13-15)29-3/h5-10,13H,4,11-12,14H2,1-3H3,(H,24,27). The molecule has 4 rings (SSSR count). The summed E-state index contributed by atoms with van der Waals surface area (Å²) >= 11 is 1.61. The summed E-state index contributed by atoms with van der Waals surface area (Å²) in [6, 6.07) is 13.1. The number of methoxy groups -OCH3 is 2. The van der Waals surface area contributed by atoms with Gasteiger partial charge in [-0.2, -0.15) is 0 Å². The molecule has 0 spiro atoms. The number of anilines is 1. The molecule has 0 radical (unpaired) electrons. The first kappa shape index (κ1) is 21.0. The van der Waals surface area contributed by atoms with Crippen LogP contribution in [-0.2, 0) is 13.0 Å². The zero-order chi connectivity index (χ0) is 21.8. The molecule has 0 atom stereocenters. The SMILES string of the molecule is CCOc1ccc(NC(=O)N2CCc3nc(-c4ccc(OC)c(OC)c4)sc3C2)cc1. The van der Waals surface area contributed by atoms with Crippen molar-refractivity contribution in [2.45, 2.75) is 19.9 Å². The number of fused-ring (bicyclic) bond motifs is 1. The number of nitrogens with one attached hydrogen (secondary N) is 1. The van der Waals surface area contributed by atoms with Gasteiger partial charge in [0, 0.05) is 29.1 Å². The van der Waals surface area contributed by atoms with E-state index < -0.39 is 0 Å². The lowest BCUT2D eigenvalue weighted by atomic mass is 10.2. The smallest absolute Gasteiger partial charge is 0.322 e. The Bertz CT molecular complexity index is 1070. The van der Waals surface area contributed by atoms with Gasteiger partial charge in [-0.05, 0) is 49.4 Å². The average Bonchev–Trinajstić information content (AvgIpc) is 3.23. The highest BCUT2D eigenvalue weighted by Crippen LogP contribution is 2.36. The van der Waals surface area contributed by atoms with E-state index in [4.69, 9.17) is 19.2 Å². The summed E-state index contributed by atoms with van der Waals surface area (Å²) in [5.74, 6) is 2.14. The highest BCUT2D eigenvalue weighted by Gasteiger charge is 2.25. The van der Waals surface area contributed by atoms with Gasteiger partial charge in [0.2, 0.25) is 0 Å². The van der Waals surface area contributed by atoms with Gasteiger partial charge in [0.15, 0.2) is 11.5 Å². The van der Waals surface area contributed by atoms with Crippen molar-refractivity contribution in [2.75, 3.05) is 32.7 Å². The topological polar surface area (TPSA) is 72.9 Å². The number of aromatic nitrogens is 1. The number of hydrogen-bond donors (Lipinski definition) is 1. The third-order valence-corrected chi connectivity index (χ3v) is 6.20. The van der Waals surface area contributed by atoms with Gasteiger partial charge in [0.05, 0.1) is 33.1 Å². The number of amides is 2. The molecule has 0 fully saturated rings. The van der Waals surface area contributed by atoms with Gasteiger partial charge in [0.25, 0.3) is 0 Å². The number of hydrogen-bond acceptors (Lipinski definition) is 6. The van der Waals surface area contributed by atoms with E-state index in [0.717, 1.165) is 39.0 Å². The van der Waals surface area contributed by atoms with Crippen molar-refractivity contribution in [3.63, 3.8) is 0 Å². The average molecular weight is 440 g/mol. The van der Waals surface area contributed by atoms with Crippen LogP contribution in [0.5, 0.6) is 17.2 Å². The van der Waals surface area contributed by atoms with Crippen molar-refractivity contribution in [1.82, 2.24) is 9.88 Å². The number of benzene rings is 2. The van der Waals surface area contributed by atoms with Crippen molar-refractivity contribution < 1.29 is 19.0 Å². The molecule has 162 valence electrons. The summed E-state index contributed by atoms with van der Waals surface area (Å²) in [6.07, 6.45) is 0.732. The maximum Gasteiger partial charge on any atom is 0.322 e. The maximum absolute atomic E-state index is 12.8. The van der Waals surface area contributed by atoms with Crippen LogP contribution in [0.15, 0.2) is 42.5 Å². The van der Waals surface area contributed by atoms with E-state index in [-0.39, 0.29) is 6.03 Å². The van der Waals surface area contributed by atoms with E-state index in [1.54, 1.807) is 25.6 Å². The van der Waals surface area contributed by atoms with Crippen LogP contribution in [0, 0.1) is 0 Å². The molecular formula is C23H25N3O4S. The van der Waals surface area contributed by atoms with E-state index in [9.17, 15) is 4.79 Å². The van der Waals surface area contributed by atoms with Crippen molar-refractivity contribution in [3.05, 3.63) is 53.0 Å². The minimum Gasteiger partial charge on any atom is -0.494 e. The fraction of sp³-hybridized carbons (Fsp3) is 0.304. The molecule has 1 N–H and O–H groups in total. The number of urea groups is 1. The Balaban J connectivity index is 1.45. The Labute approximate surface area is 185 Å². The fourth-order valence-electron chi connectivity index (χ4n) is 3.47. The van der Waals surface area contributed by atoms with E-state index in [0.29, 0.717) is 31.2 Å². The van der Waals surface area contributed by atoms with Gasteiger partial charge in [-0.25, -0.2) is 9.78 Å². The van der Waals surface area contributed by atoms with Gasteiger partial charge in [-0.15, -0.1) is 11.3 Å². The van der Waals surface area contributed by atoms with Crippen molar-refractivity contribution in [3.8, 4) is 27.8 Å². The summed E-state index contributed by atoms with van der Waals surface area (Å²) in [5.41, 5.74) is 2.77. The predicted molar refractivity (Wildman–Crippen MR) is 121 cm³/mol. The minimum absolute atomic E-state index is 0.115. The predicted octanol–water partition coefficient (Wildman–Crippen LogP) is 4.82. The zero-order valence-corrected chi connectivity index (χ0v) is 18.6. The molecule has 1 aliphatic heterocycles. The van der Waals surface area contributed by atoms with E-state index in [2.05, 4.69) is 5.32 Å². The lowest BCUT2D eigenvalue weighted by Crippen LogP contribution is -2.38. The van der Waals surface area contributed by atoms with E-state index in [1.165, 1.54) is 0 Å². The maximum atomic E-state index is 12.8. The van der Waals surface area contributed by atoms with E-state index in [1.807, 2.05) is 54.3 Å². The first-order valence-corrected chi connectivity index (χ1v) is 10.9. The molecule has 2 heterocycles. The summed E-state index contributed by atoms with van der Waals surface area (Å²) < 4.78 is 16.2. The second-order valence-corrected chi connectivity index (χ2v) is 8.10. The Morgan fingerprint density at radius 3 is 2.61 bits per heavy atom. The number of carbonyl (C=O) groups is 1. The second-order valence-electron chi connectivity index (χ2n) is 7.02. The molecule has 0 saturated heterocycles. The molecule has 1 aliphatic rings. The Morgan fingerprint density at radius 1 is 1.13 bits per heavy atom. The highest BCUT2D eigenvalue weighted by molar-refractivity contribution is 7.15. The van der Waals surface area contributed by atoms with Crippen LogP contribution in [-0.4, -0.2) is 43.3 Å². The third-order valence-electron chi connectivity index (χ3n) is 5.07. The van der Waals surface area contributed by atoms with Crippen LogP contribution in [0.25, 0.3) is 10.6 Å². The number of thiazole rings is 1. The van der Waals surface area contributed by atoms with Gasteiger partial charge >= 0.3 is 6.03 Å². The largest absolute Gasteiger partial charge is 0.494 e. The quantitative estimate of drug-likeness (QED) is 0.596. The molecule has 0 saturated carbocycles. The van der Waals surface area contributed by atoms with Gasteiger partial charge in [-0.3, -0.25) is 0 Å². The van der Waals surface area contributed by atoms with Crippen molar-refractivity contribution >= 4 is 23.1 Å². The minimum atomic E-state index is -0.115. The molecule has 3 aromatic rings. The van der Waals surface area contributed by atoms with Crippen LogP contribution < -0.4 is 19.5 Å². The lowest BCUT2D eigenvalue weighted by Gasteiger charge is -2.26. The molecule has 8 heteroatoms. The second kappa shape index (κ2) is 9.26. The third kappa shape index (κ3) is 4.59. The Kier molecular flexibility index (Phi) is 6.27. The van der Waals surface area contributed by atoms with Gasteiger partial charge in [-0.1, -0.05) is 0 Å². The van der Waals surface area contributed by atoms with Crippen molar-refractivity contribution in [1.29, 1.82) is 0 Å². The van der Waals surface area contributed by atoms with E-state index >= 15 is 0 Å². The fourth-order valence-corrected chi connectivity index (χ4v) is 4.59. The number of ether oxygens (including phenoxy) is 3. The Morgan fingerprint density at radius 2 is 1.90 bits per heavy atom. The van der Waals surface area contributed by atoms with Crippen molar-refractivity contribution in [2.24, 2.45) is 0 Å². The molecule has 7 nitrogen and oxygen atoms in total. The normalized spacial score (nSPS) is 12.8. The summed E-state index contributed by atoms with van der Waals surface area (Å²) in [5, 5.41) is 3.88. The zero-order valence-electron chi connectivity index (χ0n) is 17.8. The summed E-state index contributed by atoms with van der Waals surface area (Å²) in [4.78, 5) is 20.5. The molecule has 0 bridgehead atoms. The highest BCUT2D eigenvalue weighted by atomic mass is 32.1. The number of carbonyl (C=O) groups excluding carboxylic acids is 1. The van der Waals surface area contributed by atoms with Gasteiger partial charge in [0.1, 0.15) is 10.8 Å². The van der Waals surface area contributed by atoms with Gasteiger partial charge < -0.3 is 24.4 Å². The summed E-state index contributed by atoms with van der Waals surface area (Å²) in [7, 11) is 3.24. The molecule has 1 aromatic heterocycles. The molecule has 31 heavy (non-hydrogen) atoms. The monoisotopic (exact) mass is 439 g/mol. The van der Waals surface area contributed by atoms with Crippen LogP contribution in [0.4, 0.5) is 10.5 Å².